The minimum Gasteiger partial charge on any atom is -0.492 e. The number of nitro groups is 1. The van der Waals surface area contributed by atoms with Gasteiger partial charge in [-0.2, -0.15) is 0 Å². The van der Waals surface area contributed by atoms with Crippen molar-refractivity contribution in [2.24, 2.45) is 0 Å². The molecule has 2 aromatic carbocycles. The number of hydrazine groups is 2. The Morgan fingerprint density at radius 1 is 1.08 bits per heavy atom. The molecule has 0 unspecified atom stereocenters. The Morgan fingerprint density at radius 3 is 2.44 bits per heavy atom. The van der Waals surface area contributed by atoms with Crippen LogP contribution in [0, 0.1) is 10.1 Å². The summed E-state index contributed by atoms with van der Waals surface area (Å²) in [5.74, 6) is -0.133. The van der Waals surface area contributed by atoms with E-state index in [1.165, 1.54) is 11.1 Å². The van der Waals surface area contributed by atoms with Gasteiger partial charge in [-0.25, -0.2) is 5.01 Å². The molecule has 8 nitrogen and oxygen atoms in total. The third-order valence-electron chi connectivity index (χ3n) is 3.86. The third-order valence-corrected chi connectivity index (χ3v) is 4.11. The summed E-state index contributed by atoms with van der Waals surface area (Å²) in [6, 6.07) is 13.8. The number of aliphatic hydroxyl groups is 1. The Hall–Kier alpha value is -3.07. The van der Waals surface area contributed by atoms with E-state index < -0.39 is 4.92 Å². The number of para-hydroxylation sites is 1. The van der Waals surface area contributed by atoms with Gasteiger partial charge in [0.15, 0.2) is 0 Å². The fourth-order valence-corrected chi connectivity index (χ4v) is 2.87. The highest BCUT2D eigenvalue weighted by molar-refractivity contribution is 6.30. The molecule has 9 heteroatoms. The van der Waals surface area contributed by atoms with E-state index in [-0.39, 0.29) is 17.1 Å². The summed E-state index contributed by atoms with van der Waals surface area (Å²) in [4.78, 5) is 10.9. The van der Waals surface area contributed by atoms with Crippen LogP contribution in [-0.2, 0) is 0 Å². The first-order chi connectivity index (χ1) is 11.6. The fraction of sp³-hybridized carbons (Fsp3) is 0. The van der Waals surface area contributed by atoms with Crippen LogP contribution in [0.5, 0.6) is 0 Å². The van der Waals surface area contributed by atoms with Gasteiger partial charge < -0.3 is 10.6 Å². The molecule has 4 rings (SSSR count). The molecule has 2 heterocycles. The minimum atomic E-state index is -0.457. The Kier molecular flexibility index (Phi) is 4.09. The summed E-state index contributed by atoms with van der Waals surface area (Å²) in [6.45, 7) is 0. The van der Waals surface area contributed by atoms with Crippen LogP contribution in [0.4, 0.5) is 11.4 Å². The number of fused-ring (bicyclic) bond motifs is 3. The summed E-state index contributed by atoms with van der Waals surface area (Å²) < 4.78 is 0. The van der Waals surface area contributed by atoms with Crippen LogP contribution in [0.3, 0.4) is 0 Å². The van der Waals surface area contributed by atoms with E-state index in [2.05, 4.69) is 5.53 Å². The lowest BCUT2D eigenvalue weighted by Crippen LogP contribution is -2.42. The molecule has 128 valence electrons. The summed E-state index contributed by atoms with van der Waals surface area (Å²) in [6.07, 6.45) is 1.35. The lowest BCUT2D eigenvalue weighted by atomic mass is 10.0. The highest BCUT2D eigenvalue weighted by atomic mass is 35.5. The minimum absolute atomic E-state index is 0. The highest BCUT2D eigenvalue weighted by Crippen LogP contribution is 2.39. The average Bonchev–Trinajstić information content (AvgIpc) is 2.92. The Bertz CT molecular complexity index is 911. The predicted molar refractivity (Wildman–Crippen MR) is 94.2 cm³/mol. The topological polar surface area (TPSA) is 113 Å². The van der Waals surface area contributed by atoms with Crippen molar-refractivity contribution in [1.29, 1.82) is 0 Å². The van der Waals surface area contributed by atoms with E-state index in [0.717, 1.165) is 0 Å². The number of aliphatic hydroxyl groups excluding tert-OH is 1. The number of nitrogens with one attached hydrogen (secondary N) is 1. The number of nitrogens with zero attached hydrogens (tertiary/aromatic N) is 3. The molecule has 0 amide bonds. The van der Waals surface area contributed by atoms with Crippen LogP contribution in [0.15, 0.2) is 66.2 Å². The first kappa shape index (κ1) is 16.8. The number of hydrogen-bond donors (Lipinski definition) is 2. The third kappa shape index (κ3) is 2.58. The summed E-state index contributed by atoms with van der Waals surface area (Å²) in [5, 5.41) is 25.5. The van der Waals surface area contributed by atoms with Crippen molar-refractivity contribution >= 4 is 28.7 Å². The van der Waals surface area contributed by atoms with Crippen molar-refractivity contribution < 1.29 is 15.5 Å². The highest BCUT2D eigenvalue weighted by Gasteiger charge is 2.37. The summed E-state index contributed by atoms with van der Waals surface area (Å²) in [5.41, 5.74) is 4.97. The number of hydrogen-bond acceptors (Lipinski definition) is 6. The Morgan fingerprint density at radius 2 is 1.76 bits per heavy atom. The maximum absolute atomic E-state index is 11.4. The molecular formula is C16H13ClN4O4. The van der Waals surface area contributed by atoms with Crippen molar-refractivity contribution in [3.63, 3.8) is 0 Å². The molecular weight excluding hydrogens is 348 g/mol. The maximum atomic E-state index is 11.4. The van der Waals surface area contributed by atoms with E-state index in [4.69, 9.17) is 11.6 Å². The zero-order valence-electron chi connectivity index (χ0n) is 12.7. The van der Waals surface area contributed by atoms with E-state index >= 15 is 0 Å². The molecule has 0 aliphatic carbocycles. The molecule has 0 spiro atoms. The molecule has 0 atom stereocenters. The second kappa shape index (κ2) is 6.10. The molecule has 2 aliphatic heterocycles. The molecule has 0 saturated heterocycles. The van der Waals surface area contributed by atoms with Gasteiger partial charge in [0.25, 0.3) is 5.70 Å². The van der Waals surface area contributed by atoms with Crippen molar-refractivity contribution in [2.75, 3.05) is 10.0 Å². The maximum Gasteiger partial charge on any atom is 0.281 e. The molecule has 25 heavy (non-hydrogen) atoms. The predicted octanol–water partition coefficient (Wildman–Crippen LogP) is 2.62. The number of rotatable bonds is 2. The van der Waals surface area contributed by atoms with E-state index in [1.807, 2.05) is 0 Å². The van der Waals surface area contributed by atoms with Gasteiger partial charge in [-0.1, -0.05) is 23.7 Å². The normalized spacial score (nSPS) is 15.3. The lowest BCUT2D eigenvalue weighted by molar-refractivity contribution is -0.375. The quantitative estimate of drug-likeness (QED) is 0.628. The number of anilines is 2. The van der Waals surface area contributed by atoms with Crippen molar-refractivity contribution in [2.45, 2.75) is 0 Å². The lowest BCUT2D eigenvalue weighted by Gasteiger charge is -2.26. The smallest absolute Gasteiger partial charge is 0.281 e. The van der Waals surface area contributed by atoms with Crippen LogP contribution < -0.4 is 15.6 Å². The zero-order valence-corrected chi connectivity index (χ0v) is 13.4. The molecule has 0 bridgehead atoms. The van der Waals surface area contributed by atoms with Crippen molar-refractivity contribution in [3.05, 3.63) is 86.9 Å². The molecule has 2 aliphatic rings. The molecule has 2 aromatic rings. The second-order valence-corrected chi connectivity index (χ2v) is 5.70. The van der Waals surface area contributed by atoms with Crippen LogP contribution in [-0.4, -0.2) is 15.5 Å². The molecule has 0 aromatic heterocycles. The van der Waals surface area contributed by atoms with Crippen molar-refractivity contribution in [3.8, 4) is 0 Å². The van der Waals surface area contributed by atoms with E-state index in [1.54, 1.807) is 53.5 Å². The standard InChI is InChI=1S/C16H11ClN4O3.H2O/c17-10-5-7-11(8-6-10)19-16(22)15-9-14(21(23)24)12-3-1-2-4-13(12)20(15)18-19;/h1-9,18,22H;1H2. The number of halogens is 1. The zero-order chi connectivity index (χ0) is 16.8. The van der Waals surface area contributed by atoms with Gasteiger partial charge in [-0.3, -0.25) is 15.1 Å². The molecule has 4 N–H and O–H groups in total. The van der Waals surface area contributed by atoms with Gasteiger partial charge in [0.05, 0.1) is 21.9 Å². The first-order valence-electron chi connectivity index (χ1n) is 7.07. The summed E-state index contributed by atoms with van der Waals surface area (Å²) >= 11 is 5.89. The van der Waals surface area contributed by atoms with Gasteiger partial charge in [0, 0.05) is 11.1 Å². The monoisotopic (exact) mass is 360 g/mol. The Balaban J connectivity index is 0.00000182. The van der Waals surface area contributed by atoms with Crippen LogP contribution in [0.25, 0.3) is 5.70 Å². The van der Waals surface area contributed by atoms with E-state index in [0.29, 0.717) is 27.7 Å². The molecule has 0 saturated carbocycles. The number of allylic oxidation sites excluding steroid dienone is 1. The average molecular weight is 361 g/mol. The summed E-state index contributed by atoms with van der Waals surface area (Å²) in [7, 11) is 0. The first-order valence-corrected chi connectivity index (χ1v) is 7.45. The molecule has 0 fully saturated rings. The van der Waals surface area contributed by atoms with Gasteiger partial charge in [-0.05, 0) is 36.4 Å². The van der Waals surface area contributed by atoms with Gasteiger partial charge in [0.2, 0.25) is 5.88 Å². The number of benzene rings is 2. The van der Waals surface area contributed by atoms with Crippen LogP contribution in [0.1, 0.15) is 5.56 Å². The van der Waals surface area contributed by atoms with Gasteiger partial charge >= 0.3 is 0 Å². The molecule has 0 radical (unpaired) electrons. The van der Waals surface area contributed by atoms with Gasteiger partial charge in [0.1, 0.15) is 5.70 Å². The van der Waals surface area contributed by atoms with Crippen LogP contribution >= 0.6 is 11.6 Å². The second-order valence-electron chi connectivity index (χ2n) is 5.26. The SMILES string of the molecule is O.O=[N+]([O-])C1=CC2=C(O)N(c3ccc(Cl)cc3)NN2c2ccccc21. The van der Waals surface area contributed by atoms with E-state index in [9.17, 15) is 15.2 Å². The van der Waals surface area contributed by atoms with Gasteiger partial charge in [-0.15, -0.1) is 5.53 Å². The van der Waals surface area contributed by atoms with Crippen molar-refractivity contribution in [1.82, 2.24) is 5.53 Å². The fourth-order valence-electron chi connectivity index (χ4n) is 2.74. The largest absolute Gasteiger partial charge is 0.492 e. The van der Waals surface area contributed by atoms with Crippen LogP contribution in [0.2, 0.25) is 5.02 Å². The Labute approximate surface area is 147 Å².